The Bertz CT molecular complexity index is 646. The van der Waals surface area contributed by atoms with Crippen molar-refractivity contribution in [2.75, 3.05) is 0 Å². The van der Waals surface area contributed by atoms with Gasteiger partial charge in [0.25, 0.3) is 5.69 Å². The average molecular weight is 351 g/mol. The van der Waals surface area contributed by atoms with Gasteiger partial charge < -0.3 is 14.9 Å². The summed E-state index contributed by atoms with van der Waals surface area (Å²) in [6.07, 6.45) is -1.04. The molecular formula is C17H21NO7. The van der Waals surface area contributed by atoms with Crippen LogP contribution in [-0.4, -0.2) is 45.2 Å². The Balaban J connectivity index is 2.06. The molecule has 2 N–H and O–H groups in total. The van der Waals surface area contributed by atoms with E-state index in [2.05, 4.69) is 0 Å². The van der Waals surface area contributed by atoms with Crippen molar-refractivity contribution in [1.29, 1.82) is 0 Å². The Morgan fingerprint density at radius 3 is 2.60 bits per heavy atom. The van der Waals surface area contributed by atoms with E-state index in [4.69, 9.17) is 4.74 Å². The number of aliphatic hydroxyl groups is 2. The maximum absolute atomic E-state index is 12.3. The van der Waals surface area contributed by atoms with E-state index in [1.807, 2.05) is 0 Å². The van der Waals surface area contributed by atoms with Crippen molar-refractivity contribution in [1.82, 2.24) is 0 Å². The number of hydrogen-bond acceptors (Lipinski definition) is 7. The number of Topliss-reactive ketones (excluding diaryl/α,β-unsaturated/α-hetero) is 1. The van der Waals surface area contributed by atoms with Crippen LogP contribution in [0.25, 0.3) is 0 Å². The largest absolute Gasteiger partial charge is 0.459 e. The molecule has 0 radical (unpaired) electrons. The predicted octanol–water partition coefficient (Wildman–Crippen LogP) is 1.77. The normalized spacial score (nSPS) is 25.2. The number of nitro benzene ring substituents is 1. The minimum absolute atomic E-state index is 0.0989. The van der Waals surface area contributed by atoms with Gasteiger partial charge in [-0.2, -0.15) is 0 Å². The van der Waals surface area contributed by atoms with Gasteiger partial charge in [-0.05, 0) is 38.2 Å². The smallest absolute Gasteiger partial charge is 0.345 e. The number of nitro groups is 1. The summed E-state index contributed by atoms with van der Waals surface area (Å²) < 4.78 is 5.39. The lowest BCUT2D eigenvalue weighted by atomic mass is 9.95. The highest BCUT2D eigenvalue weighted by molar-refractivity contribution is 5.93. The molecule has 1 fully saturated rings. The topological polar surface area (TPSA) is 127 Å². The van der Waals surface area contributed by atoms with Crippen LogP contribution in [-0.2, 0) is 9.53 Å². The number of aliphatic hydroxyl groups excluding tert-OH is 2. The zero-order chi connectivity index (χ0) is 18.4. The number of esters is 1. The Morgan fingerprint density at radius 1 is 1.16 bits per heavy atom. The van der Waals surface area contributed by atoms with Crippen molar-refractivity contribution in [2.45, 2.75) is 56.8 Å². The fraction of sp³-hybridized carbons (Fsp3) is 0.529. The number of nitrogens with zero attached hydrogens (tertiary/aromatic N) is 1. The van der Waals surface area contributed by atoms with Gasteiger partial charge in [-0.3, -0.25) is 14.9 Å². The second kappa shape index (κ2) is 8.68. The quantitative estimate of drug-likeness (QED) is 0.482. The van der Waals surface area contributed by atoms with Crippen LogP contribution in [0.3, 0.4) is 0 Å². The van der Waals surface area contributed by atoms with E-state index in [1.54, 1.807) is 0 Å². The molecule has 1 saturated carbocycles. The van der Waals surface area contributed by atoms with E-state index in [1.165, 1.54) is 24.3 Å². The van der Waals surface area contributed by atoms with Gasteiger partial charge in [-0.25, -0.2) is 4.79 Å². The molecule has 2 rings (SSSR count). The highest BCUT2D eigenvalue weighted by atomic mass is 16.6. The van der Waals surface area contributed by atoms with Gasteiger partial charge in [-0.1, -0.05) is 12.1 Å². The first kappa shape index (κ1) is 19.0. The minimum Gasteiger partial charge on any atom is -0.459 e. The Labute approximate surface area is 144 Å². The van der Waals surface area contributed by atoms with Gasteiger partial charge in [0.15, 0.2) is 5.78 Å². The predicted molar refractivity (Wildman–Crippen MR) is 87.0 cm³/mol. The molecule has 3 unspecified atom stereocenters. The van der Waals surface area contributed by atoms with Crippen LogP contribution in [0.2, 0.25) is 0 Å². The van der Waals surface area contributed by atoms with E-state index in [0.717, 1.165) is 0 Å². The lowest BCUT2D eigenvalue weighted by molar-refractivity contribution is -0.385. The SMILES string of the molecule is O=C(OC1CCCCC(=O)C(O)C(O)CC1)c1ccccc1[N+](=O)[O-]. The summed E-state index contributed by atoms with van der Waals surface area (Å²) in [7, 11) is 0. The maximum atomic E-state index is 12.3. The highest BCUT2D eigenvalue weighted by Gasteiger charge is 2.28. The van der Waals surface area contributed by atoms with Crippen molar-refractivity contribution in [3.63, 3.8) is 0 Å². The fourth-order valence-corrected chi connectivity index (χ4v) is 2.83. The van der Waals surface area contributed by atoms with Crippen molar-refractivity contribution < 1.29 is 29.5 Å². The summed E-state index contributed by atoms with van der Waals surface area (Å²) in [5, 5.41) is 30.6. The number of benzene rings is 1. The summed E-state index contributed by atoms with van der Waals surface area (Å²) in [5.41, 5.74) is -0.450. The summed E-state index contributed by atoms with van der Waals surface area (Å²) in [6, 6.07) is 5.55. The fourth-order valence-electron chi connectivity index (χ4n) is 2.83. The van der Waals surface area contributed by atoms with Crippen LogP contribution in [0.1, 0.15) is 48.9 Å². The third kappa shape index (κ3) is 5.07. The monoisotopic (exact) mass is 351 g/mol. The molecule has 0 bridgehead atoms. The Kier molecular flexibility index (Phi) is 6.60. The second-order valence-corrected chi connectivity index (χ2v) is 6.10. The van der Waals surface area contributed by atoms with Crippen LogP contribution in [0.15, 0.2) is 24.3 Å². The van der Waals surface area contributed by atoms with Gasteiger partial charge in [0.1, 0.15) is 17.8 Å². The molecule has 0 saturated heterocycles. The van der Waals surface area contributed by atoms with Crippen LogP contribution in [0.4, 0.5) is 5.69 Å². The summed E-state index contributed by atoms with van der Waals surface area (Å²) >= 11 is 0. The Hall–Kier alpha value is -2.32. The molecule has 136 valence electrons. The van der Waals surface area contributed by atoms with Gasteiger partial charge in [-0.15, -0.1) is 0 Å². The van der Waals surface area contributed by atoms with E-state index in [-0.39, 0.29) is 36.3 Å². The lowest BCUT2D eigenvalue weighted by Gasteiger charge is -2.23. The highest BCUT2D eigenvalue weighted by Crippen LogP contribution is 2.23. The standard InChI is InChI=1S/C17H21NO7/c19-14-8-4-1-5-11(9-10-15(20)16(14)21)25-17(22)12-6-2-3-7-13(12)18(23)24/h2-3,6-7,11,15-16,20-21H,1,4-5,8-10H2. The van der Waals surface area contributed by atoms with E-state index >= 15 is 0 Å². The molecule has 25 heavy (non-hydrogen) atoms. The molecule has 1 aliphatic rings. The molecule has 8 nitrogen and oxygen atoms in total. The van der Waals surface area contributed by atoms with Crippen molar-refractivity contribution in [2.24, 2.45) is 0 Å². The first-order chi connectivity index (χ1) is 11.9. The number of para-hydroxylation sites is 1. The third-order valence-corrected chi connectivity index (χ3v) is 4.27. The van der Waals surface area contributed by atoms with Crippen molar-refractivity contribution in [3.8, 4) is 0 Å². The average Bonchev–Trinajstić information content (AvgIpc) is 2.60. The molecule has 0 spiro atoms. The van der Waals surface area contributed by atoms with E-state index in [9.17, 15) is 29.9 Å². The summed E-state index contributed by atoms with van der Waals surface area (Å²) in [6.45, 7) is 0. The molecule has 3 atom stereocenters. The first-order valence-electron chi connectivity index (χ1n) is 8.23. The zero-order valence-electron chi connectivity index (χ0n) is 13.7. The van der Waals surface area contributed by atoms with Crippen LogP contribution in [0, 0.1) is 10.1 Å². The molecule has 0 amide bonds. The van der Waals surface area contributed by atoms with Crippen molar-refractivity contribution >= 4 is 17.4 Å². The number of carbonyl (C=O) groups is 2. The zero-order valence-corrected chi connectivity index (χ0v) is 13.7. The third-order valence-electron chi connectivity index (χ3n) is 4.27. The number of rotatable bonds is 3. The van der Waals surface area contributed by atoms with Crippen LogP contribution < -0.4 is 0 Å². The van der Waals surface area contributed by atoms with Gasteiger partial charge in [0, 0.05) is 12.5 Å². The minimum atomic E-state index is -1.43. The van der Waals surface area contributed by atoms with Gasteiger partial charge in [0.05, 0.1) is 11.0 Å². The van der Waals surface area contributed by atoms with E-state index < -0.39 is 29.2 Å². The summed E-state index contributed by atoms with van der Waals surface area (Å²) in [5.74, 6) is -1.18. The molecular weight excluding hydrogens is 330 g/mol. The molecule has 1 aliphatic carbocycles. The molecule has 1 aromatic rings. The molecule has 0 heterocycles. The van der Waals surface area contributed by atoms with Crippen LogP contribution in [0.5, 0.6) is 0 Å². The number of ketones is 1. The van der Waals surface area contributed by atoms with Gasteiger partial charge >= 0.3 is 5.97 Å². The molecule has 8 heteroatoms. The maximum Gasteiger partial charge on any atom is 0.345 e. The van der Waals surface area contributed by atoms with Crippen molar-refractivity contribution in [3.05, 3.63) is 39.9 Å². The number of hydrogen-bond donors (Lipinski definition) is 2. The second-order valence-electron chi connectivity index (χ2n) is 6.10. The number of carbonyl (C=O) groups excluding carboxylic acids is 2. The number of ether oxygens (including phenoxy) is 1. The van der Waals surface area contributed by atoms with E-state index in [0.29, 0.717) is 19.3 Å². The first-order valence-corrected chi connectivity index (χ1v) is 8.23. The van der Waals surface area contributed by atoms with Crippen LogP contribution >= 0.6 is 0 Å². The lowest BCUT2D eigenvalue weighted by Crippen LogP contribution is -2.35. The molecule has 1 aromatic carbocycles. The molecule has 0 aliphatic heterocycles. The van der Waals surface area contributed by atoms with Gasteiger partial charge in [0.2, 0.25) is 0 Å². The molecule has 0 aromatic heterocycles. The Morgan fingerprint density at radius 2 is 1.88 bits per heavy atom. The summed E-state index contributed by atoms with van der Waals surface area (Å²) in [4.78, 5) is 34.3.